The fourth-order valence-electron chi connectivity index (χ4n) is 1.15. The molecule has 0 fully saturated rings. The van der Waals surface area contributed by atoms with Crippen LogP contribution in [0.15, 0.2) is 39.5 Å². The van der Waals surface area contributed by atoms with E-state index in [4.69, 9.17) is 21.9 Å². The molecule has 1 aromatic heterocycles. The van der Waals surface area contributed by atoms with E-state index in [1.807, 2.05) is 12.1 Å². The molecule has 1 N–H and O–H groups in total. The molecule has 0 radical (unpaired) electrons. The molecule has 5 nitrogen and oxygen atoms in total. The van der Waals surface area contributed by atoms with Gasteiger partial charge in [0.05, 0.1) is 0 Å². The van der Waals surface area contributed by atoms with Crippen molar-refractivity contribution in [2.24, 2.45) is 0 Å². The normalized spacial score (nSPS) is 8.44. The Morgan fingerprint density at radius 2 is 2.00 bits per heavy atom. The maximum atomic E-state index is 10.9. The van der Waals surface area contributed by atoms with Crippen LogP contribution in [0.3, 0.4) is 0 Å². The monoisotopic (exact) mass is 213 g/mol. The van der Waals surface area contributed by atoms with Crippen molar-refractivity contribution in [2.45, 2.75) is 0 Å². The molecule has 0 atom stereocenters. The minimum atomic E-state index is -0.360. The second-order valence-electron chi connectivity index (χ2n) is 2.75. The van der Waals surface area contributed by atoms with Crippen molar-refractivity contribution in [3.8, 4) is 12.3 Å². The van der Waals surface area contributed by atoms with Gasteiger partial charge >= 0.3 is 5.63 Å². The number of rotatable bonds is 0. The number of hydrogen-bond acceptors (Lipinski definition) is 3. The molecule has 5 heteroatoms. The smallest absolute Gasteiger partial charge is 0.336 e. The third-order valence-electron chi connectivity index (χ3n) is 1.79. The first kappa shape index (κ1) is 11.4. The molecule has 1 aromatic carbocycles. The largest absolute Gasteiger partial charge is 0.423 e. The Kier molecular flexibility index (Phi) is 3.73. The van der Waals surface area contributed by atoms with E-state index in [2.05, 4.69) is 5.92 Å². The summed E-state index contributed by atoms with van der Waals surface area (Å²) in [6, 6.07) is 8.41. The third kappa shape index (κ3) is 2.64. The van der Waals surface area contributed by atoms with E-state index in [9.17, 15) is 4.79 Å². The first-order chi connectivity index (χ1) is 7.71. The van der Waals surface area contributed by atoms with Gasteiger partial charge in [-0.25, -0.2) is 4.79 Å². The van der Waals surface area contributed by atoms with Crippen LogP contribution in [-0.2, 0) is 0 Å². The number of terminal acetylenes is 1. The standard InChI is InChI=1S/C11H6O2.HN3/c1-2-8-3-4-9-5-6-11(12)13-10(9)7-8;1-3-2/h1,3-7H;1H. The highest BCUT2D eigenvalue weighted by Gasteiger charge is 1.96. The third-order valence-corrected chi connectivity index (χ3v) is 1.79. The van der Waals surface area contributed by atoms with Crippen molar-refractivity contribution in [3.63, 3.8) is 0 Å². The summed E-state index contributed by atoms with van der Waals surface area (Å²) >= 11 is 0. The molecule has 2 aromatic rings. The minimum Gasteiger partial charge on any atom is -0.423 e. The van der Waals surface area contributed by atoms with Gasteiger partial charge in [-0.1, -0.05) is 5.92 Å². The molecule has 78 valence electrons. The van der Waals surface area contributed by atoms with Gasteiger partial charge in [0, 0.05) is 17.0 Å². The summed E-state index contributed by atoms with van der Waals surface area (Å²) in [7, 11) is 0. The van der Waals surface area contributed by atoms with Gasteiger partial charge in [0.2, 0.25) is 0 Å². The SMILES string of the molecule is C#Cc1ccc2ccc(=O)oc2c1.[N-]=[N+]=N. The number of nitrogens with one attached hydrogen (secondary N) is 1. The zero-order valence-corrected chi connectivity index (χ0v) is 8.18. The van der Waals surface area contributed by atoms with Crippen LogP contribution in [0, 0.1) is 17.9 Å². The summed E-state index contributed by atoms with van der Waals surface area (Å²) in [6.07, 6.45) is 5.21. The van der Waals surface area contributed by atoms with E-state index in [0.29, 0.717) is 11.1 Å². The molecule has 0 aliphatic carbocycles. The molecule has 0 bridgehead atoms. The topological polar surface area (TPSA) is 90.5 Å². The van der Waals surface area contributed by atoms with E-state index in [1.165, 1.54) is 6.07 Å². The van der Waals surface area contributed by atoms with Crippen molar-refractivity contribution >= 4 is 11.0 Å². The molecule has 1 heterocycles. The number of hydrogen-bond donors (Lipinski definition) is 1. The lowest BCUT2D eigenvalue weighted by molar-refractivity contribution is 0.561. The molecule has 0 spiro atoms. The average Bonchev–Trinajstić information content (AvgIpc) is 2.29. The molecular formula is C11H7N3O2. The molecule has 16 heavy (non-hydrogen) atoms. The van der Waals surface area contributed by atoms with Gasteiger partial charge in [0.1, 0.15) is 5.58 Å². The fraction of sp³-hybridized carbons (Fsp3) is 0. The van der Waals surface area contributed by atoms with Crippen LogP contribution in [0.5, 0.6) is 0 Å². The highest BCUT2D eigenvalue weighted by molar-refractivity contribution is 5.77. The highest BCUT2D eigenvalue weighted by atomic mass is 16.4. The summed E-state index contributed by atoms with van der Waals surface area (Å²) in [5.41, 5.74) is 13.1. The van der Waals surface area contributed by atoms with E-state index in [-0.39, 0.29) is 5.63 Å². The van der Waals surface area contributed by atoms with Crippen LogP contribution in [0.2, 0.25) is 0 Å². The predicted octanol–water partition coefficient (Wildman–Crippen LogP) is 2.65. The fourth-order valence-corrected chi connectivity index (χ4v) is 1.15. The molecule has 2 rings (SSSR count). The van der Waals surface area contributed by atoms with Gasteiger partial charge < -0.3 is 4.42 Å². The molecule has 0 aliphatic rings. The second kappa shape index (κ2) is 5.25. The van der Waals surface area contributed by atoms with Gasteiger partial charge in [0.25, 0.3) is 0 Å². The van der Waals surface area contributed by atoms with Crippen molar-refractivity contribution in [1.82, 2.24) is 0 Å². The Bertz CT molecular complexity index is 631. The Morgan fingerprint density at radius 3 is 2.62 bits per heavy atom. The van der Waals surface area contributed by atoms with Crippen molar-refractivity contribution in [2.75, 3.05) is 0 Å². The van der Waals surface area contributed by atoms with Gasteiger partial charge in [-0.05, 0) is 34.7 Å². The number of benzene rings is 1. The first-order valence-electron chi connectivity index (χ1n) is 4.22. The van der Waals surface area contributed by atoms with Crippen molar-refractivity contribution in [1.29, 1.82) is 5.53 Å². The highest BCUT2D eigenvalue weighted by Crippen LogP contribution is 2.12. The Balaban J connectivity index is 0.000000386. The molecule has 0 saturated heterocycles. The molecule has 0 amide bonds. The molecule has 0 unspecified atom stereocenters. The minimum absolute atomic E-state index is 0.360. The zero-order valence-electron chi connectivity index (χ0n) is 8.18. The van der Waals surface area contributed by atoms with Crippen LogP contribution in [-0.4, -0.2) is 0 Å². The molecule has 0 saturated carbocycles. The van der Waals surface area contributed by atoms with Crippen LogP contribution < -0.4 is 5.63 Å². The molecular weight excluding hydrogens is 206 g/mol. The predicted molar refractivity (Wildman–Crippen MR) is 59.9 cm³/mol. The number of nitrogens with zero attached hydrogens (tertiary/aromatic N) is 2. The van der Waals surface area contributed by atoms with E-state index in [1.54, 1.807) is 17.0 Å². The average molecular weight is 213 g/mol. The van der Waals surface area contributed by atoms with Crippen molar-refractivity contribution in [3.05, 3.63) is 56.8 Å². The van der Waals surface area contributed by atoms with Gasteiger partial charge in [0.15, 0.2) is 0 Å². The van der Waals surface area contributed by atoms with Crippen LogP contribution in [0.4, 0.5) is 0 Å². The lowest BCUT2D eigenvalue weighted by Gasteiger charge is -1.95. The van der Waals surface area contributed by atoms with E-state index >= 15 is 0 Å². The summed E-state index contributed by atoms with van der Waals surface area (Å²) in [6.45, 7) is 0. The lowest BCUT2D eigenvalue weighted by Crippen LogP contribution is -1.94. The second-order valence-corrected chi connectivity index (χ2v) is 2.75. The maximum Gasteiger partial charge on any atom is 0.336 e. The van der Waals surface area contributed by atoms with E-state index in [0.717, 1.165) is 5.39 Å². The number of fused-ring (bicyclic) bond motifs is 1. The Morgan fingerprint density at radius 1 is 1.38 bits per heavy atom. The summed E-state index contributed by atoms with van der Waals surface area (Å²) in [5, 5.41) is 0.874. The quantitative estimate of drug-likeness (QED) is 0.239. The van der Waals surface area contributed by atoms with Gasteiger partial charge in [-0.3, -0.25) is 0 Å². The van der Waals surface area contributed by atoms with Gasteiger partial charge in [-0.15, -0.1) is 12.0 Å². The Hall–Kier alpha value is -2.70. The van der Waals surface area contributed by atoms with Crippen LogP contribution in [0.1, 0.15) is 5.56 Å². The van der Waals surface area contributed by atoms with Crippen LogP contribution in [0.25, 0.3) is 21.4 Å². The maximum absolute atomic E-state index is 10.9. The first-order valence-corrected chi connectivity index (χ1v) is 4.22. The van der Waals surface area contributed by atoms with Crippen molar-refractivity contribution < 1.29 is 4.42 Å². The van der Waals surface area contributed by atoms with Gasteiger partial charge in [-0.2, -0.15) is 0 Å². The summed E-state index contributed by atoms with van der Waals surface area (Å²) < 4.78 is 4.95. The summed E-state index contributed by atoms with van der Waals surface area (Å²) in [5.74, 6) is 2.48. The summed E-state index contributed by atoms with van der Waals surface area (Å²) in [4.78, 5) is 12.6. The van der Waals surface area contributed by atoms with Crippen LogP contribution >= 0.6 is 0 Å². The van der Waals surface area contributed by atoms with E-state index < -0.39 is 0 Å². The lowest BCUT2D eigenvalue weighted by atomic mass is 10.1. The zero-order chi connectivity index (χ0) is 12.0. The molecule has 0 aliphatic heterocycles. The Labute approximate surface area is 90.7 Å².